The summed E-state index contributed by atoms with van der Waals surface area (Å²) in [7, 11) is 0. The molecule has 1 N–H and O–H groups in total. The van der Waals surface area contributed by atoms with Crippen molar-refractivity contribution < 1.29 is 13.9 Å². The van der Waals surface area contributed by atoms with Gasteiger partial charge >= 0.3 is 0 Å². The van der Waals surface area contributed by atoms with E-state index in [2.05, 4.69) is 31.4 Å². The van der Waals surface area contributed by atoms with Crippen LogP contribution in [0, 0.1) is 12.7 Å². The highest BCUT2D eigenvalue weighted by molar-refractivity contribution is 9.10. The number of nitrogens with zero attached hydrogens (tertiary/aromatic N) is 4. The van der Waals surface area contributed by atoms with Gasteiger partial charge in [0.1, 0.15) is 17.3 Å². The van der Waals surface area contributed by atoms with E-state index in [9.17, 15) is 9.18 Å². The van der Waals surface area contributed by atoms with Crippen LogP contribution in [-0.4, -0.2) is 32.0 Å². The smallest absolute Gasteiger partial charge is 0.271 e. The summed E-state index contributed by atoms with van der Waals surface area (Å²) in [5, 5.41) is 11.4. The molecule has 7 nitrogen and oxygen atoms in total. The van der Waals surface area contributed by atoms with E-state index in [0.717, 1.165) is 16.6 Å². The molecular weight excluding hydrogens is 417 g/mol. The van der Waals surface area contributed by atoms with E-state index in [1.54, 1.807) is 12.3 Å². The van der Waals surface area contributed by atoms with Gasteiger partial charge in [-0.1, -0.05) is 0 Å². The Morgan fingerprint density at radius 3 is 2.70 bits per heavy atom. The Morgan fingerprint density at radius 1 is 1.22 bits per heavy atom. The van der Waals surface area contributed by atoms with Crippen molar-refractivity contribution in [2.45, 2.75) is 26.6 Å². The Balaban J connectivity index is 1.41. The van der Waals surface area contributed by atoms with Gasteiger partial charge in [-0.3, -0.25) is 9.48 Å². The van der Waals surface area contributed by atoms with Crippen LogP contribution in [0.4, 0.5) is 4.39 Å². The summed E-state index contributed by atoms with van der Waals surface area (Å²) >= 11 is 3.42. The number of aromatic nitrogens is 4. The van der Waals surface area contributed by atoms with E-state index < -0.39 is 0 Å². The van der Waals surface area contributed by atoms with Crippen molar-refractivity contribution in [2.24, 2.45) is 0 Å². The van der Waals surface area contributed by atoms with Gasteiger partial charge in [0, 0.05) is 25.5 Å². The van der Waals surface area contributed by atoms with Gasteiger partial charge in [-0.15, -0.1) is 0 Å². The van der Waals surface area contributed by atoms with Crippen molar-refractivity contribution >= 4 is 21.8 Å². The molecule has 0 fully saturated rings. The van der Waals surface area contributed by atoms with E-state index in [4.69, 9.17) is 4.74 Å². The maximum atomic E-state index is 12.9. The van der Waals surface area contributed by atoms with E-state index >= 15 is 0 Å². The first-order valence-corrected chi connectivity index (χ1v) is 9.20. The first-order valence-electron chi connectivity index (χ1n) is 8.41. The number of benzene rings is 1. The molecule has 0 radical (unpaired) electrons. The van der Waals surface area contributed by atoms with E-state index in [1.807, 2.05) is 17.8 Å². The van der Waals surface area contributed by atoms with E-state index in [1.165, 1.54) is 28.9 Å². The molecule has 0 spiro atoms. The largest absolute Gasteiger partial charge is 0.471 e. The molecule has 2 aromatic heterocycles. The minimum Gasteiger partial charge on any atom is -0.471 e. The number of halogens is 2. The zero-order chi connectivity index (χ0) is 19.2. The molecule has 3 rings (SSSR count). The molecule has 0 aliphatic carbocycles. The zero-order valence-electron chi connectivity index (χ0n) is 14.7. The van der Waals surface area contributed by atoms with Gasteiger partial charge in [0.15, 0.2) is 6.73 Å². The van der Waals surface area contributed by atoms with Crippen LogP contribution in [0.5, 0.6) is 5.75 Å². The van der Waals surface area contributed by atoms with Crippen molar-refractivity contribution in [3.05, 3.63) is 64.4 Å². The summed E-state index contributed by atoms with van der Waals surface area (Å²) in [5.41, 5.74) is 1.25. The molecule has 0 saturated heterocycles. The van der Waals surface area contributed by atoms with E-state index in [-0.39, 0.29) is 18.5 Å². The molecule has 0 bridgehead atoms. The quantitative estimate of drug-likeness (QED) is 0.551. The number of ether oxygens (including phenoxy) is 1. The van der Waals surface area contributed by atoms with Gasteiger partial charge in [0.05, 0.1) is 10.2 Å². The molecule has 1 amide bonds. The fraction of sp³-hybridized carbons (Fsp3) is 0.278. The van der Waals surface area contributed by atoms with Crippen LogP contribution in [0.25, 0.3) is 0 Å². The molecule has 0 aliphatic rings. The molecule has 142 valence electrons. The fourth-order valence-corrected chi connectivity index (χ4v) is 2.68. The molecule has 3 aromatic rings. The predicted molar refractivity (Wildman–Crippen MR) is 101 cm³/mol. The minimum atomic E-state index is -0.323. The molecule has 0 aliphatic heterocycles. The van der Waals surface area contributed by atoms with Gasteiger partial charge < -0.3 is 10.1 Å². The first kappa shape index (κ1) is 19.1. The van der Waals surface area contributed by atoms with Gasteiger partial charge in [-0.05, 0) is 59.6 Å². The van der Waals surface area contributed by atoms with Crippen LogP contribution >= 0.6 is 15.9 Å². The Bertz CT molecular complexity index is 887. The minimum absolute atomic E-state index is 0.131. The number of amides is 1. The molecule has 27 heavy (non-hydrogen) atoms. The first-order chi connectivity index (χ1) is 13.0. The predicted octanol–water partition coefficient (Wildman–Crippen LogP) is 3.15. The molecule has 1 aromatic carbocycles. The Labute approximate surface area is 164 Å². The van der Waals surface area contributed by atoms with Gasteiger partial charge in [-0.2, -0.15) is 10.2 Å². The van der Waals surface area contributed by atoms with Crippen LogP contribution in [0.2, 0.25) is 0 Å². The normalized spacial score (nSPS) is 10.8. The Morgan fingerprint density at radius 2 is 2.00 bits per heavy atom. The summed E-state index contributed by atoms with van der Waals surface area (Å²) < 4.78 is 22.7. The molecule has 2 heterocycles. The van der Waals surface area contributed by atoms with Crippen LogP contribution in [-0.2, 0) is 13.3 Å². The number of nitrogens with one attached hydrogen (secondary N) is 1. The Kier molecular flexibility index (Phi) is 6.23. The maximum Gasteiger partial charge on any atom is 0.271 e. The second-order valence-corrected chi connectivity index (χ2v) is 6.76. The average molecular weight is 436 g/mol. The van der Waals surface area contributed by atoms with Gasteiger partial charge in [-0.25, -0.2) is 9.07 Å². The lowest BCUT2D eigenvalue weighted by molar-refractivity contribution is 0.0945. The second kappa shape index (κ2) is 8.81. The van der Waals surface area contributed by atoms with Gasteiger partial charge in [0.2, 0.25) is 0 Å². The summed E-state index contributed by atoms with van der Waals surface area (Å²) in [6.45, 7) is 3.30. The summed E-state index contributed by atoms with van der Waals surface area (Å²) in [6, 6.07) is 7.33. The van der Waals surface area contributed by atoms with Crippen LogP contribution in [0.1, 0.15) is 22.6 Å². The van der Waals surface area contributed by atoms with E-state index in [0.29, 0.717) is 24.5 Å². The SMILES string of the molecule is Cc1nn(CCCNC(=O)c2ccn(COc3ccc(F)cc3)n2)cc1Br. The maximum absolute atomic E-state index is 12.9. The summed E-state index contributed by atoms with van der Waals surface area (Å²) in [6.07, 6.45) is 4.33. The average Bonchev–Trinajstić information content (AvgIpc) is 3.25. The summed E-state index contributed by atoms with van der Waals surface area (Å²) in [5.74, 6) is -0.0394. The van der Waals surface area contributed by atoms with Crippen molar-refractivity contribution in [1.82, 2.24) is 24.9 Å². The third-order valence-electron chi connectivity index (χ3n) is 3.79. The van der Waals surface area contributed by atoms with Crippen molar-refractivity contribution in [2.75, 3.05) is 6.54 Å². The topological polar surface area (TPSA) is 74.0 Å². The number of rotatable bonds is 8. The summed E-state index contributed by atoms with van der Waals surface area (Å²) in [4.78, 5) is 12.1. The fourth-order valence-electron chi connectivity index (χ4n) is 2.37. The number of hydrogen-bond acceptors (Lipinski definition) is 4. The lowest BCUT2D eigenvalue weighted by atomic mass is 10.3. The molecule has 9 heteroatoms. The highest BCUT2D eigenvalue weighted by atomic mass is 79.9. The number of carbonyl (C=O) groups excluding carboxylic acids is 1. The van der Waals surface area contributed by atoms with Gasteiger partial charge in [0.25, 0.3) is 5.91 Å². The van der Waals surface area contributed by atoms with Crippen molar-refractivity contribution in [3.8, 4) is 5.75 Å². The highest BCUT2D eigenvalue weighted by Gasteiger charge is 2.09. The number of carbonyl (C=O) groups is 1. The van der Waals surface area contributed by atoms with Crippen molar-refractivity contribution in [3.63, 3.8) is 0 Å². The number of hydrogen-bond donors (Lipinski definition) is 1. The third kappa shape index (κ3) is 5.40. The standard InChI is InChI=1S/C18H19BrFN5O2/c1-13-16(19)11-24(22-13)9-2-8-21-18(26)17-7-10-25(23-17)12-27-15-5-3-14(20)4-6-15/h3-7,10-11H,2,8-9,12H2,1H3,(H,21,26). The van der Waals surface area contributed by atoms with Crippen molar-refractivity contribution in [1.29, 1.82) is 0 Å². The Hall–Kier alpha value is -2.68. The highest BCUT2D eigenvalue weighted by Crippen LogP contribution is 2.13. The molecule has 0 saturated carbocycles. The monoisotopic (exact) mass is 435 g/mol. The number of aryl methyl sites for hydroxylation is 2. The zero-order valence-corrected chi connectivity index (χ0v) is 16.3. The molecule has 0 unspecified atom stereocenters. The lowest BCUT2D eigenvalue weighted by Gasteiger charge is -2.06. The molecular formula is C18H19BrFN5O2. The molecule has 0 atom stereocenters. The van der Waals surface area contributed by atoms with Crippen LogP contribution in [0.3, 0.4) is 0 Å². The van der Waals surface area contributed by atoms with Crippen LogP contribution in [0.15, 0.2) is 47.2 Å². The second-order valence-electron chi connectivity index (χ2n) is 5.90. The van der Waals surface area contributed by atoms with Crippen LogP contribution < -0.4 is 10.1 Å². The third-order valence-corrected chi connectivity index (χ3v) is 4.56. The lowest BCUT2D eigenvalue weighted by Crippen LogP contribution is -2.26.